The number of rotatable bonds is 4. The largest absolute Gasteiger partial charge is 0.452 e. The van der Waals surface area contributed by atoms with E-state index in [1.807, 2.05) is 0 Å². The van der Waals surface area contributed by atoms with Crippen LogP contribution in [0.15, 0.2) is 53.2 Å². The van der Waals surface area contributed by atoms with E-state index in [0.717, 1.165) is 0 Å². The minimum Gasteiger partial charge on any atom is -0.452 e. The fourth-order valence-corrected chi connectivity index (χ4v) is 2.43. The molecular formula is C16H10N4O5. The van der Waals surface area contributed by atoms with Crippen LogP contribution in [0.5, 0.6) is 0 Å². The summed E-state index contributed by atoms with van der Waals surface area (Å²) in [4.78, 5) is 41.4. The third kappa shape index (κ3) is 2.57. The molecule has 1 aliphatic rings. The first-order valence-corrected chi connectivity index (χ1v) is 7.26. The highest BCUT2D eigenvalue weighted by atomic mass is 16.7. The lowest BCUT2D eigenvalue weighted by atomic mass is 10.1. The number of aromatic nitrogens is 3. The van der Waals surface area contributed by atoms with Crippen LogP contribution in [0.25, 0.3) is 0 Å². The summed E-state index contributed by atoms with van der Waals surface area (Å²) < 4.78 is 6.88. The molecular weight excluding hydrogens is 328 g/mol. The van der Waals surface area contributed by atoms with Gasteiger partial charge >= 0.3 is 5.97 Å². The Morgan fingerprint density at radius 3 is 2.44 bits per heavy atom. The molecule has 0 aliphatic carbocycles. The lowest BCUT2D eigenvalue weighted by Crippen LogP contribution is -2.32. The third-order valence-electron chi connectivity index (χ3n) is 3.58. The second kappa shape index (κ2) is 5.71. The molecule has 0 N–H and O–H groups in total. The van der Waals surface area contributed by atoms with E-state index in [4.69, 9.17) is 9.25 Å². The molecule has 0 fully saturated rings. The van der Waals surface area contributed by atoms with Gasteiger partial charge in [-0.25, -0.2) is 9.48 Å². The number of furan rings is 1. The molecule has 1 aromatic carbocycles. The predicted molar refractivity (Wildman–Crippen MR) is 80.2 cm³/mol. The van der Waals surface area contributed by atoms with Gasteiger partial charge in [0.05, 0.1) is 17.3 Å². The second-order valence-corrected chi connectivity index (χ2v) is 5.20. The highest BCUT2D eigenvalue weighted by molar-refractivity contribution is 6.21. The Bertz CT molecular complexity index is 941. The minimum atomic E-state index is -0.945. The lowest BCUT2D eigenvalue weighted by Gasteiger charge is -2.11. The molecule has 3 heterocycles. The first-order valence-electron chi connectivity index (χ1n) is 7.26. The zero-order chi connectivity index (χ0) is 17.4. The summed E-state index contributed by atoms with van der Waals surface area (Å²) in [5.41, 5.74) is 0.373. The van der Waals surface area contributed by atoms with E-state index >= 15 is 0 Å². The Morgan fingerprint density at radius 1 is 1.08 bits per heavy atom. The van der Waals surface area contributed by atoms with E-state index in [9.17, 15) is 14.4 Å². The quantitative estimate of drug-likeness (QED) is 0.660. The number of carbonyl (C=O) groups excluding carboxylic acids is 3. The van der Waals surface area contributed by atoms with Crippen molar-refractivity contribution in [2.24, 2.45) is 0 Å². The normalized spacial score (nSPS) is 13.2. The molecule has 0 saturated carbocycles. The SMILES string of the molecule is O=C(ON1C(=O)c2ccccc2C1=O)c1ccc(Cn2ccnn2)o1. The van der Waals surface area contributed by atoms with Gasteiger partial charge in [0.1, 0.15) is 12.3 Å². The predicted octanol–water partition coefficient (Wildman–Crippen LogP) is 1.29. The third-order valence-corrected chi connectivity index (χ3v) is 3.58. The van der Waals surface area contributed by atoms with Crippen molar-refractivity contribution in [3.63, 3.8) is 0 Å². The van der Waals surface area contributed by atoms with Crippen LogP contribution in [0.4, 0.5) is 0 Å². The Morgan fingerprint density at radius 2 is 1.80 bits per heavy atom. The highest BCUT2D eigenvalue weighted by Gasteiger charge is 2.39. The smallest absolute Gasteiger partial charge is 0.399 e. The van der Waals surface area contributed by atoms with E-state index < -0.39 is 17.8 Å². The van der Waals surface area contributed by atoms with Crippen molar-refractivity contribution in [3.05, 3.63) is 71.4 Å². The number of carbonyl (C=O) groups is 3. The summed E-state index contributed by atoms with van der Waals surface area (Å²) in [6.45, 7) is 0.278. The fourth-order valence-electron chi connectivity index (χ4n) is 2.43. The van der Waals surface area contributed by atoms with Crippen LogP contribution in [-0.2, 0) is 11.4 Å². The number of nitrogens with zero attached hydrogens (tertiary/aromatic N) is 4. The van der Waals surface area contributed by atoms with Crippen molar-refractivity contribution in [1.29, 1.82) is 0 Å². The topological polar surface area (TPSA) is 108 Å². The maximum Gasteiger partial charge on any atom is 0.399 e. The van der Waals surface area contributed by atoms with Gasteiger partial charge in [0.25, 0.3) is 11.8 Å². The highest BCUT2D eigenvalue weighted by Crippen LogP contribution is 2.23. The van der Waals surface area contributed by atoms with Crippen LogP contribution in [0.1, 0.15) is 37.0 Å². The van der Waals surface area contributed by atoms with Crippen molar-refractivity contribution < 1.29 is 23.6 Å². The van der Waals surface area contributed by atoms with Crippen molar-refractivity contribution in [1.82, 2.24) is 20.1 Å². The minimum absolute atomic E-state index is 0.133. The molecule has 0 atom stereocenters. The molecule has 0 spiro atoms. The molecule has 124 valence electrons. The van der Waals surface area contributed by atoms with Crippen molar-refractivity contribution >= 4 is 17.8 Å². The molecule has 2 amide bonds. The number of hydrogen-bond donors (Lipinski definition) is 0. The average molecular weight is 338 g/mol. The van der Waals surface area contributed by atoms with Crippen molar-refractivity contribution in [2.45, 2.75) is 6.54 Å². The Hall–Kier alpha value is -3.75. The van der Waals surface area contributed by atoms with E-state index in [1.54, 1.807) is 24.4 Å². The monoisotopic (exact) mass is 338 g/mol. The second-order valence-electron chi connectivity index (χ2n) is 5.20. The number of benzene rings is 1. The Labute approximate surface area is 140 Å². The van der Waals surface area contributed by atoms with Gasteiger partial charge in [0.2, 0.25) is 5.76 Å². The van der Waals surface area contributed by atoms with Crippen molar-refractivity contribution in [3.8, 4) is 0 Å². The maximum absolute atomic E-state index is 12.2. The molecule has 0 radical (unpaired) electrons. The molecule has 25 heavy (non-hydrogen) atoms. The number of hydroxylamine groups is 2. The first-order chi connectivity index (χ1) is 12.1. The fraction of sp³-hybridized carbons (Fsp3) is 0.0625. The van der Waals surface area contributed by atoms with Gasteiger partial charge in [-0.2, -0.15) is 0 Å². The van der Waals surface area contributed by atoms with Crippen molar-refractivity contribution in [2.75, 3.05) is 0 Å². The van der Waals surface area contributed by atoms with Gasteiger partial charge in [-0.15, -0.1) is 5.10 Å². The van der Waals surface area contributed by atoms with Gasteiger partial charge in [-0.05, 0) is 24.3 Å². The van der Waals surface area contributed by atoms with Crippen LogP contribution in [0.3, 0.4) is 0 Å². The van der Waals surface area contributed by atoms with Crippen LogP contribution in [-0.4, -0.2) is 37.8 Å². The van der Waals surface area contributed by atoms with Gasteiger partial charge in [0.15, 0.2) is 0 Å². The van der Waals surface area contributed by atoms with E-state index in [2.05, 4.69) is 10.3 Å². The standard InChI is InChI=1S/C16H10N4O5/c21-14-11-3-1-2-4-12(11)15(22)20(14)25-16(23)13-6-5-10(24-13)9-19-8-7-17-18-19/h1-8H,9H2. The van der Waals surface area contributed by atoms with E-state index in [1.165, 1.54) is 29.1 Å². The zero-order valence-electron chi connectivity index (χ0n) is 12.7. The summed E-state index contributed by atoms with van der Waals surface area (Å²) >= 11 is 0. The van der Waals surface area contributed by atoms with Crippen LogP contribution >= 0.6 is 0 Å². The molecule has 2 aromatic heterocycles. The van der Waals surface area contributed by atoms with Gasteiger partial charge < -0.3 is 9.25 Å². The Kier molecular flexibility index (Phi) is 3.38. The van der Waals surface area contributed by atoms with Gasteiger partial charge in [-0.3, -0.25) is 9.59 Å². The lowest BCUT2D eigenvalue weighted by molar-refractivity contribution is -0.0604. The number of imide groups is 1. The number of amides is 2. The first kappa shape index (κ1) is 14.8. The molecule has 0 bridgehead atoms. The molecule has 9 heteroatoms. The molecule has 3 aromatic rings. The van der Waals surface area contributed by atoms with Crippen LogP contribution < -0.4 is 0 Å². The molecule has 0 unspecified atom stereocenters. The molecule has 1 aliphatic heterocycles. The van der Waals surface area contributed by atoms with E-state index in [0.29, 0.717) is 10.8 Å². The zero-order valence-corrected chi connectivity index (χ0v) is 12.7. The molecule has 4 rings (SSSR count). The van der Waals surface area contributed by atoms with Crippen LogP contribution in [0, 0.1) is 0 Å². The number of hydrogen-bond acceptors (Lipinski definition) is 7. The van der Waals surface area contributed by atoms with Gasteiger partial charge in [0, 0.05) is 6.20 Å². The molecule has 0 saturated heterocycles. The van der Waals surface area contributed by atoms with E-state index in [-0.39, 0.29) is 23.4 Å². The van der Waals surface area contributed by atoms with Gasteiger partial charge in [-0.1, -0.05) is 22.4 Å². The summed E-state index contributed by atoms with van der Waals surface area (Å²) in [6, 6.07) is 9.20. The maximum atomic E-state index is 12.2. The molecule has 9 nitrogen and oxygen atoms in total. The van der Waals surface area contributed by atoms with Crippen LogP contribution in [0.2, 0.25) is 0 Å². The summed E-state index contributed by atoms with van der Waals surface area (Å²) in [5, 5.41) is 7.88. The summed E-state index contributed by atoms with van der Waals surface area (Å²) in [6.07, 6.45) is 3.15. The average Bonchev–Trinajstić information content (AvgIpc) is 3.34. The Balaban J connectivity index is 1.49. The summed E-state index contributed by atoms with van der Waals surface area (Å²) in [7, 11) is 0. The number of fused-ring (bicyclic) bond motifs is 1. The summed E-state index contributed by atoms with van der Waals surface area (Å²) in [5.74, 6) is -2.02.